The molecular formula is C31H29N3O4S. The molecule has 0 radical (unpaired) electrons. The Morgan fingerprint density at radius 3 is 2.13 bits per heavy atom. The van der Waals surface area contributed by atoms with Gasteiger partial charge in [0.05, 0.1) is 30.0 Å². The fourth-order valence-electron chi connectivity index (χ4n) is 3.82. The molecule has 8 heteroatoms. The van der Waals surface area contributed by atoms with E-state index in [9.17, 15) is 9.59 Å². The zero-order valence-corrected chi connectivity index (χ0v) is 22.3. The minimum Gasteiger partial charge on any atom is -0.494 e. The Bertz CT molecular complexity index is 1430. The number of anilines is 2. The molecule has 0 bridgehead atoms. The van der Waals surface area contributed by atoms with Crippen molar-refractivity contribution in [1.29, 1.82) is 0 Å². The van der Waals surface area contributed by atoms with Gasteiger partial charge in [0.25, 0.3) is 11.8 Å². The van der Waals surface area contributed by atoms with Gasteiger partial charge in [-0.1, -0.05) is 54.6 Å². The van der Waals surface area contributed by atoms with Crippen molar-refractivity contribution in [1.82, 2.24) is 5.32 Å². The van der Waals surface area contributed by atoms with Crippen LogP contribution in [0.15, 0.2) is 103 Å². The summed E-state index contributed by atoms with van der Waals surface area (Å²) in [6.07, 6.45) is 0.715. The molecule has 3 N–H and O–H groups in total. The van der Waals surface area contributed by atoms with E-state index in [4.69, 9.17) is 21.7 Å². The lowest BCUT2D eigenvalue weighted by Crippen LogP contribution is -2.35. The van der Waals surface area contributed by atoms with Gasteiger partial charge in [0.15, 0.2) is 5.11 Å². The summed E-state index contributed by atoms with van der Waals surface area (Å²) < 4.78 is 11.3. The molecule has 0 saturated heterocycles. The number of carbonyl (C=O) groups is 2. The predicted octanol–water partition coefficient (Wildman–Crippen LogP) is 6.09. The Kier molecular flexibility index (Phi) is 9.63. The fourth-order valence-corrected chi connectivity index (χ4v) is 4.02. The highest BCUT2D eigenvalue weighted by atomic mass is 32.1. The van der Waals surface area contributed by atoms with E-state index in [0.29, 0.717) is 47.9 Å². The molecule has 0 aliphatic rings. The van der Waals surface area contributed by atoms with Crippen molar-refractivity contribution in [3.63, 3.8) is 0 Å². The second-order valence-electron chi connectivity index (χ2n) is 8.45. The first-order valence-corrected chi connectivity index (χ1v) is 13.0. The Hall–Kier alpha value is -4.69. The molecule has 0 heterocycles. The van der Waals surface area contributed by atoms with E-state index < -0.39 is 5.91 Å². The van der Waals surface area contributed by atoms with E-state index in [2.05, 4.69) is 16.0 Å². The number of amides is 2. The molecule has 0 unspecified atom stereocenters. The average molecular weight is 540 g/mol. The third kappa shape index (κ3) is 7.90. The van der Waals surface area contributed by atoms with Gasteiger partial charge in [-0.15, -0.1) is 0 Å². The summed E-state index contributed by atoms with van der Waals surface area (Å²) in [5.74, 6) is 0.443. The van der Waals surface area contributed by atoms with Crippen LogP contribution in [0.5, 0.6) is 11.5 Å². The first kappa shape index (κ1) is 27.3. The second kappa shape index (κ2) is 13.7. The quantitative estimate of drug-likeness (QED) is 0.212. The first-order chi connectivity index (χ1) is 19.0. The van der Waals surface area contributed by atoms with Gasteiger partial charge in [-0.05, 0) is 73.2 Å². The number of hydrogen-bond donors (Lipinski definition) is 3. The molecule has 4 aromatic carbocycles. The number of carbonyl (C=O) groups excluding carboxylic acids is 2. The van der Waals surface area contributed by atoms with Crippen LogP contribution in [0, 0.1) is 0 Å². The highest BCUT2D eigenvalue weighted by Gasteiger charge is 2.16. The molecule has 0 spiro atoms. The van der Waals surface area contributed by atoms with E-state index in [1.54, 1.807) is 66.7 Å². The number of rotatable bonds is 10. The van der Waals surface area contributed by atoms with Crippen LogP contribution in [0.3, 0.4) is 0 Å². The van der Waals surface area contributed by atoms with E-state index in [1.165, 1.54) is 0 Å². The predicted molar refractivity (Wildman–Crippen MR) is 158 cm³/mol. The highest BCUT2D eigenvalue weighted by molar-refractivity contribution is 7.80. The molecule has 7 nitrogen and oxygen atoms in total. The largest absolute Gasteiger partial charge is 0.494 e. The molecule has 0 fully saturated rings. The van der Waals surface area contributed by atoms with E-state index in [1.807, 2.05) is 43.3 Å². The zero-order chi connectivity index (χ0) is 27.5. The van der Waals surface area contributed by atoms with Crippen LogP contribution in [0.4, 0.5) is 11.4 Å². The van der Waals surface area contributed by atoms with Crippen LogP contribution < -0.4 is 25.4 Å². The molecule has 0 aromatic heterocycles. The van der Waals surface area contributed by atoms with Crippen molar-refractivity contribution in [2.75, 3.05) is 23.8 Å². The SMILES string of the molecule is CCOc1ccc(NC(=O)c2ccccc2NC(=S)NC(=O)c2ccccc2OCCc2ccccc2)cc1. The second-order valence-corrected chi connectivity index (χ2v) is 8.85. The van der Waals surface area contributed by atoms with E-state index >= 15 is 0 Å². The topological polar surface area (TPSA) is 88.7 Å². The van der Waals surface area contributed by atoms with Gasteiger partial charge in [-0.3, -0.25) is 14.9 Å². The van der Waals surface area contributed by atoms with Gasteiger partial charge in [-0.25, -0.2) is 0 Å². The molecule has 0 saturated carbocycles. The minimum atomic E-state index is -0.417. The summed E-state index contributed by atoms with van der Waals surface area (Å²) in [7, 11) is 0. The van der Waals surface area contributed by atoms with Crippen molar-refractivity contribution in [3.05, 3.63) is 120 Å². The lowest BCUT2D eigenvalue weighted by Gasteiger charge is -2.15. The number of nitrogens with one attached hydrogen (secondary N) is 3. The van der Waals surface area contributed by atoms with Crippen molar-refractivity contribution >= 4 is 40.5 Å². The van der Waals surface area contributed by atoms with E-state index in [-0.39, 0.29) is 11.0 Å². The average Bonchev–Trinajstić information content (AvgIpc) is 2.95. The van der Waals surface area contributed by atoms with Gasteiger partial charge in [0.2, 0.25) is 0 Å². The molecule has 198 valence electrons. The van der Waals surface area contributed by atoms with Crippen LogP contribution >= 0.6 is 12.2 Å². The normalized spacial score (nSPS) is 10.3. The van der Waals surface area contributed by atoms with Crippen molar-refractivity contribution in [3.8, 4) is 11.5 Å². The number of thiocarbonyl (C=S) groups is 1. The molecular weight excluding hydrogens is 510 g/mol. The van der Waals surface area contributed by atoms with Crippen LogP contribution in [0.2, 0.25) is 0 Å². The van der Waals surface area contributed by atoms with Crippen molar-refractivity contribution in [2.45, 2.75) is 13.3 Å². The number of hydrogen-bond acceptors (Lipinski definition) is 5. The fraction of sp³-hybridized carbons (Fsp3) is 0.129. The molecule has 0 atom stereocenters. The summed E-state index contributed by atoms with van der Waals surface area (Å²) in [5, 5.41) is 8.57. The standard InChI is InChI=1S/C31H29N3O4S/c1-2-37-24-18-16-23(17-19-24)32-29(35)25-12-6-8-14-27(25)33-31(39)34-30(36)26-13-7-9-15-28(26)38-21-20-22-10-4-3-5-11-22/h3-19H,2,20-21H2,1H3,(H,32,35)(H2,33,34,36,39). The van der Waals surface area contributed by atoms with Gasteiger partial charge >= 0.3 is 0 Å². The van der Waals surface area contributed by atoms with Gasteiger partial charge < -0.3 is 20.1 Å². The maximum absolute atomic E-state index is 13.0. The lowest BCUT2D eigenvalue weighted by molar-refractivity contribution is 0.0972. The maximum Gasteiger partial charge on any atom is 0.261 e. The number of para-hydroxylation sites is 2. The number of benzene rings is 4. The van der Waals surface area contributed by atoms with Crippen molar-refractivity contribution < 1.29 is 19.1 Å². The monoisotopic (exact) mass is 539 g/mol. The molecule has 4 rings (SSSR count). The molecule has 39 heavy (non-hydrogen) atoms. The van der Waals surface area contributed by atoms with Crippen LogP contribution in [0.25, 0.3) is 0 Å². The van der Waals surface area contributed by atoms with Gasteiger partial charge in [-0.2, -0.15) is 0 Å². The summed E-state index contributed by atoms with van der Waals surface area (Å²) in [5.41, 5.74) is 2.95. The summed E-state index contributed by atoms with van der Waals surface area (Å²) >= 11 is 5.39. The third-order valence-electron chi connectivity index (χ3n) is 5.69. The molecule has 0 aliphatic carbocycles. The summed E-state index contributed by atoms with van der Waals surface area (Å²) in [6, 6.07) is 31.0. The van der Waals surface area contributed by atoms with E-state index in [0.717, 1.165) is 11.3 Å². The smallest absolute Gasteiger partial charge is 0.261 e. The van der Waals surface area contributed by atoms with Crippen molar-refractivity contribution in [2.24, 2.45) is 0 Å². The first-order valence-electron chi connectivity index (χ1n) is 12.5. The van der Waals surface area contributed by atoms with Gasteiger partial charge in [0, 0.05) is 12.1 Å². The Morgan fingerprint density at radius 2 is 1.38 bits per heavy atom. The maximum atomic E-state index is 13.0. The van der Waals surface area contributed by atoms with Gasteiger partial charge in [0.1, 0.15) is 11.5 Å². The lowest BCUT2D eigenvalue weighted by atomic mass is 10.1. The Morgan fingerprint density at radius 1 is 0.718 bits per heavy atom. The third-order valence-corrected chi connectivity index (χ3v) is 5.90. The van der Waals surface area contributed by atoms with Crippen LogP contribution in [-0.2, 0) is 6.42 Å². The Balaban J connectivity index is 1.37. The summed E-state index contributed by atoms with van der Waals surface area (Å²) in [4.78, 5) is 26.0. The zero-order valence-electron chi connectivity index (χ0n) is 21.5. The molecule has 2 amide bonds. The minimum absolute atomic E-state index is 0.0559. The Labute approximate surface area is 233 Å². The van der Waals surface area contributed by atoms with Crippen LogP contribution in [0.1, 0.15) is 33.2 Å². The summed E-state index contributed by atoms with van der Waals surface area (Å²) in [6.45, 7) is 2.90. The molecule has 0 aliphatic heterocycles. The van der Waals surface area contributed by atoms with Crippen LogP contribution in [-0.4, -0.2) is 30.1 Å². The molecule has 4 aromatic rings. The number of ether oxygens (including phenoxy) is 2. The highest BCUT2D eigenvalue weighted by Crippen LogP contribution is 2.21.